The van der Waals surface area contributed by atoms with E-state index in [0.29, 0.717) is 6.42 Å². The van der Waals surface area contributed by atoms with E-state index in [0.717, 1.165) is 39.3 Å². The SMILES string of the molecule is CC(C)N1C(=O)CC(NCCN2CCN(C)CC2)C1=O. The van der Waals surface area contributed by atoms with Crippen molar-refractivity contribution >= 4 is 11.8 Å². The predicted molar refractivity (Wildman–Crippen MR) is 77.3 cm³/mol. The summed E-state index contributed by atoms with van der Waals surface area (Å²) in [7, 11) is 2.14. The standard InChI is InChI=1S/C14H26N4O2/c1-11(2)18-13(19)10-12(14(18)20)15-4-5-17-8-6-16(3)7-9-17/h11-12,15H,4-10H2,1-3H3. The fourth-order valence-corrected chi connectivity index (χ4v) is 2.82. The maximum absolute atomic E-state index is 12.1. The lowest BCUT2D eigenvalue weighted by molar-refractivity contribution is -0.140. The van der Waals surface area contributed by atoms with Crippen LogP contribution in [0.4, 0.5) is 0 Å². The van der Waals surface area contributed by atoms with Gasteiger partial charge in [0.25, 0.3) is 0 Å². The van der Waals surface area contributed by atoms with Gasteiger partial charge in [0.15, 0.2) is 0 Å². The van der Waals surface area contributed by atoms with Gasteiger partial charge in [0.2, 0.25) is 11.8 Å². The molecule has 2 rings (SSSR count). The maximum Gasteiger partial charge on any atom is 0.247 e. The van der Waals surface area contributed by atoms with Crippen LogP contribution in [0.1, 0.15) is 20.3 Å². The van der Waals surface area contributed by atoms with E-state index in [1.54, 1.807) is 0 Å². The third kappa shape index (κ3) is 3.56. The first-order valence-electron chi connectivity index (χ1n) is 7.49. The highest BCUT2D eigenvalue weighted by Crippen LogP contribution is 2.15. The molecular formula is C14H26N4O2. The van der Waals surface area contributed by atoms with Gasteiger partial charge in [0.1, 0.15) is 0 Å². The molecule has 2 amide bonds. The number of imide groups is 1. The Kier molecular flexibility index (Phi) is 5.12. The molecule has 1 unspecified atom stereocenters. The van der Waals surface area contributed by atoms with Crippen molar-refractivity contribution in [3.8, 4) is 0 Å². The third-order valence-corrected chi connectivity index (χ3v) is 4.11. The molecule has 0 aromatic rings. The molecule has 1 N–H and O–H groups in total. The zero-order valence-corrected chi connectivity index (χ0v) is 12.8. The summed E-state index contributed by atoms with van der Waals surface area (Å²) >= 11 is 0. The highest BCUT2D eigenvalue weighted by molar-refractivity contribution is 6.05. The van der Waals surface area contributed by atoms with Crippen LogP contribution in [0.3, 0.4) is 0 Å². The molecule has 2 aliphatic rings. The van der Waals surface area contributed by atoms with E-state index >= 15 is 0 Å². The first kappa shape index (κ1) is 15.4. The third-order valence-electron chi connectivity index (χ3n) is 4.11. The average molecular weight is 282 g/mol. The van der Waals surface area contributed by atoms with Crippen LogP contribution >= 0.6 is 0 Å². The minimum atomic E-state index is -0.322. The van der Waals surface area contributed by atoms with Crippen molar-refractivity contribution in [1.29, 1.82) is 0 Å². The molecule has 2 saturated heterocycles. The molecule has 0 bridgehead atoms. The monoisotopic (exact) mass is 282 g/mol. The first-order valence-corrected chi connectivity index (χ1v) is 7.49. The van der Waals surface area contributed by atoms with E-state index in [1.807, 2.05) is 13.8 Å². The lowest BCUT2D eigenvalue weighted by Crippen LogP contribution is -2.48. The Morgan fingerprint density at radius 3 is 2.40 bits per heavy atom. The van der Waals surface area contributed by atoms with Crippen LogP contribution in [-0.2, 0) is 9.59 Å². The van der Waals surface area contributed by atoms with E-state index in [2.05, 4.69) is 22.2 Å². The number of hydrogen-bond donors (Lipinski definition) is 1. The molecule has 2 heterocycles. The molecule has 0 spiro atoms. The van der Waals surface area contributed by atoms with E-state index in [4.69, 9.17) is 0 Å². The van der Waals surface area contributed by atoms with E-state index in [-0.39, 0.29) is 23.9 Å². The van der Waals surface area contributed by atoms with Crippen molar-refractivity contribution in [2.45, 2.75) is 32.4 Å². The number of amides is 2. The van der Waals surface area contributed by atoms with Crippen LogP contribution in [0.15, 0.2) is 0 Å². The van der Waals surface area contributed by atoms with Crippen LogP contribution in [-0.4, -0.2) is 84.9 Å². The van der Waals surface area contributed by atoms with Crippen LogP contribution in [0.2, 0.25) is 0 Å². The van der Waals surface area contributed by atoms with Crippen molar-refractivity contribution < 1.29 is 9.59 Å². The summed E-state index contributed by atoms with van der Waals surface area (Å²) < 4.78 is 0. The molecule has 1 atom stereocenters. The van der Waals surface area contributed by atoms with Gasteiger partial charge in [-0.2, -0.15) is 0 Å². The Morgan fingerprint density at radius 1 is 1.20 bits per heavy atom. The number of carbonyl (C=O) groups is 2. The summed E-state index contributed by atoms with van der Waals surface area (Å²) in [4.78, 5) is 30.0. The second-order valence-corrected chi connectivity index (χ2v) is 6.05. The predicted octanol–water partition coefficient (Wildman–Crippen LogP) is -0.641. The first-order chi connectivity index (χ1) is 9.49. The minimum absolute atomic E-state index is 0.0422. The Bertz CT molecular complexity index is 364. The summed E-state index contributed by atoms with van der Waals surface area (Å²) in [5, 5.41) is 3.24. The zero-order chi connectivity index (χ0) is 14.7. The largest absolute Gasteiger partial charge is 0.304 e. The van der Waals surface area contributed by atoms with Gasteiger partial charge in [0.05, 0.1) is 12.5 Å². The van der Waals surface area contributed by atoms with E-state index in [9.17, 15) is 9.59 Å². The minimum Gasteiger partial charge on any atom is -0.304 e. The number of nitrogens with zero attached hydrogens (tertiary/aromatic N) is 3. The van der Waals surface area contributed by atoms with Crippen LogP contribution < -0.4 is 5.32 Å². The number of rotatable bonds is 5. The quantitative estimate of drug-likeness (QED) is 0.680. The fraction of sp³-hybridized carbons (Fsp3) is 0.857. The second-order valence-electron chi connectivity index (χ2n) is 6.05. The van der Waals surface area contributed by atoms with Crippen LogP contribution in [0.5, 0.6) is 0 Å². The molecule has 0 saturated carbocycles. The molecule has 0 radical (unpaired) electrons. The number of carbonyl (C=O) groups excluding carboxylic acids is 2. The smallest absolute Gasteiger partial charge is 0.247 e. The number of likely N-dealkylation sites (tertiary alicyclic amines) is 1. The van der Waals surface area contributed by atoms with Crippen molar-refractivity contribution in [1.82, 2.24) is 20.0 Å². The topological polar surface area (TPSA) is 55.9 Å². The summed E-state index contributed by atoms with van der Waals surface area (Å²) in [6.07, 6.45) is 0.305. The lowest BCUT2D eigenvalue weighted by atomic mass is 10.2. The second kappa shape index (κ2) is 6.65. The van der Waals surface area contributed by atoms with Crippen molar-refractivity contribution in [2.75, 3.05) is 46.3 Å². The molecule has 0 aromatic carbocycles. The van der Waals surface area contributed by atoms with Crippen LogP contribution in [0.25, 0.3) is 0 Å². The van der Waals surface area contributed by atoms with Gasteiger partial charge < -0.3 is 10.2 Å². The normalized spacial score (nSPS) is 26.0. The highest BCUT2D eigenvalue weighted by Gasteiger charge is 2.39. The Labute approximate surface area is 121 Å². The summed E-state index contributed by atoms with van der Waals surface area (Å²) in [5.41, 5.74) is 0. The van der Waals surface area contributed by atoms with Gasteiger partial charge in [-0.25, -0.2) is 0 Å². The molecule has 0 aliphatic carbocycles. The van der Waals surface area contributed by atoms with Gasteiger partial charge >= 0.3 is 0 Å². The van der Waals surface area contributed by atoms with Gasteiger partial charge in [-0.15, -0.1) is 0 Å². The van der Waals surface area contributed by atoms with Gasteiger partial charge in [-0.3, -0.25) is 19.4 Å². The molecule has 0 aromatic heterocycles. The molecule has 114 valence electrons. The summed E-state index contributed by atoms with van der Waals surface area (Å²) in [5.74, 6) is -0.120. The van der Waals surface area contributed by atoms with Gasteiger partial charge in [-0.05, 0) is 20.9 Å². The van der Waals surface area contributed by atoms with E-state index < -0.39 is 0 Å². The van der Waals surface area contributed by atoms with Gasteiger partial charge in [-0.1, -0.05) is 0 Å². The number of piperazine rings is 1. The number of nitrogens with one attached hydrogen (secondary N) is 1. The van der Waals surface area contributed by atoms with Gasteiger partial charge in [0, 0.05) is 45.3 Å². The zero-order valence-electron chi connectivity index (χ0n) is 12.8. The summed E-state index contributed by atoms with van der Waals surface area (Å²) in [6, 6.07) is -0.364. The van der Waals surface area contributed by atoms with Crippen molar-refractivity contribution in [2.24, 2.45) is 0 Å². The fourth-order valence-electron chi connectivity index (χ4n) is 2.82. The maximum atomic E-state index is 12.1. The van der Waals surface area contributed by atoms with Crippen LogP contribution in [0, 0.1) is 0 Å². The molecular weight excluding hydrogens is 256 g/mol. The molecule has 6 nitrogen and oxygen atoms in total. The number of hydrogen-bond acceptors (Lipinski definition) is 5. The van der Waals surface area contributed by atoms with Crippen molar-refractivity contribution in [3.05, 3.63) is 0 Å². The average Bonchev–Trinajstić information content (AvgIpc) is 2.67. The summed E-state index contributed by atoms with van der Waals surface area (Å²) in [6.45, 7) is 9.81. The van der Waals surface area contributed by atoms with E-state index in [1.165, 1.54) is 4.90 Å². The molecule has 2 aliphatic heterocycles. The Hall–Kier alpha value is -0.980. The molecule has 20 heavy (non-hydrogen) atoms. The lowest BCUT2D eigenvalue weighted by Gasteiger charge is -2.32. The number of likely N-dealkylation sites (N-methyl/N-ethyl adjacent to an activating group) is 1. The molecule has 6 heteroatoms. The van der Waals surface area contributed by atoms with Crippen molar-refractivity contribution in [3.63, 3.8) is 0 Å². The Balaban J connectivity index is 1.72. The highest BCUT2D eigenvalue weighted by atomic mass is 16.2. The molecule has 2 fully saturated rings. The Morgan fingerprint density at radius 2 is 1.85 bits per heavy atom.